The maximum atomic E-state index is 6.05. The molecule has 2 N–H and O–H groups in total. The van der Waals surface area contributed by atoms with Crippen molar-refractivity contribution in [3.05, 3.63) is 57.6 Å². The Morgan fingerprint density at radius 1 is 0.528 bits per heavy atom. The van der Waals surface area contributed by atoms with E-state index in [-0.39, 0.29) is 0 Å². The highest BCUT2D eigenvalue weighted by molar-refractivity contribution is 8.76. The second kappa shape index (κ2) is 18.0. The average molecular weight is 533 g/mol. The summed E-state index contributed by atoms with van der Waals surface area (Å²) in [5, 5.41) is 7.10. The van der Waals surface area contributed by atoms with E-state index in [4.69, 9.17) is 9.47 Å². The van der Waals surface area contributed by atoms with Crippen LogP contribution in [0.25, 0.3) is 0 Å². The molecule has 0 spiro atoms. The highest BCUT2D eigenvalue weighted by Gasteiger charge is 2.07. The molecule has 4 nitrogen and oxygen atoms in total. The van der Waals surface area contributed by atoms with Crippen molar-refractivity contribution in [3.63, 3.8) is 0 Å². The van der Waals surface area contributed by atoms with Gasteiger partial charge in [-0.1, -0.05) is 45.9 Å². The number of benzene rings is 2. The first kappa shape index (κ1) is 30.9. The second-order valence-corrected chi connectivity index (χ2v) is 12.3. The second-order valence-electron chi connectivity index (χ2n) is 9.56. The first-order valence-electron chi connectivity index (χ1n) is 13.5. The Balaban J connectivity index is 1.33. The number of hydrogen-bond acceptors (Lipinski definition) is 6. The third-order valence-electron chi connectivity index (χ3n) is 6.54. The monoisotopic (exact) mass is 532 g/mol. The minimum atomic E-state index is 0.795. The molecule has 0 aliphatic carbocycles. The van der Waals surface area contributed by atoms with Crippen LogP contribution in [0.2, 0.25) is 0 Å². The van der Waals surface area contributed by atoms with Crippen molar-refractivity contribution in [2.75, 3.05) is 50.9 Å². The summed E-state index contributed by atoms with van der Waals surface area (Å²) in [4.78, 5) is 0. The smallest absolute Gasteiger partial charge is 0.125 e. The molecule has 0 fully saturated rings. The number of aryl methyl sites for hydroxylation is 4. The summed E-state index contributed by atoms with van der Waals surface area (Å²) in [6.45, 7) is 18.7. The molecule has 0 bridgehead atoms. The van der Waals surface area contributed by atoms with Crippen LogP contribution in [0.4, 0.5) is 0 Å². The summed E-state index contributed by atoms with van der Waals surface area (Å²) in [5.41, 5.74) is 7.60. The van der Waals surface area contributed by atoms with Crippen LogP contribution < -0.4 is 20.1 Å². The maximum Gasteiger partial charge on any atom is 0.125 e. The Hall–Kier alpha value is -1.34. The molecule has 0 radical (unpaired) electrons. The Labute approximate surface area is 228 Å². The van der Waals surface area contributed by atoms with Crippen LogP contribution in [0.15, 0.2) is 24.3 Å². The number of nitrogens with one attached hydrogen (secondary N) is 2. The summed E-state index contributed by atoms with van der Waals surface area (Å²) in [5.74, 6) is 4.45. The predicted octanol–water partition coefficient (Wildman–Crippen LogP) is 7.12. The maximum absolute atomic E-state index is 6.05. The van der Waals surface area contributed by atoms with E-state index < -0.39 is 0 Å². The molecule has 0 heterocycles. The van der Waals surface area contributed by atoms with Crippen LogP contribution in [0.5, 0.6) is 11.5 Å². The number of unbranched alkanes of at least 4 members (excludes halogenated alkanes) is 2. The van der Waals surface area contributed by atoms with Gasteiger partial charge in [-0.25, -0.2) is 0 Å². The van der Waals surface area contributed by atoms with E-state index in [1.807, 2.05) is 21.6 Å². The molecule has 0 aromatic heterocycles. The van der Waals surface area contributed by atoms with Gasteiger partial charge in [0.05, 0.1) is 13.2 Å². The number of hydrogen-bond donors (Lipinski definition) is 2. The Morgan fingerprint density at radius 3 is 1.33 bits per heavy atom. The van der Waals surface area contributed by atoms with Crippen molar-refractivity contribution in [2.24, 2.45) is 0 Å². The minimum absolute atomic E-state index is 0.795. The molecule has 0 amide bonds. The van der Waals surface area contributed by atoms with Crippen LogP contribution in [-0.2, 0) is 0 Å². The van der Waals surface area contributed by atoms with E-state index in [1.165, 1.54) is 33.4 Å². The third-order valence-corrected chi connectivity index (χ3v) is 8.95. The van der Waals surface area contributed by atoms with Crippen LogP contribution in [0.1, 0.15) is 59.1 Å². The summed E-state index contributed by atoms with van der Waals surface area (Å²) in [6.07, 6.45) is 4.48. The van der Waals surface area contributed by atoms with Crippen LogP contribution in [0, 0.1) is 41.5 Å². The van der Waals surface area contributed by atoms with Crippen LogP contribution in [0.3, 0.4) is 0 Å². The molecule has 0 saturated carbocycles. The fourth-order valence-corrected chi connectivity index (χ4v) is 5.84. The number of ether oxygens (including phenoxy) is 2. The third kappa shape index (κ3) is 11.4. The van der Waals surface area contributed by atoms with E-state index in [2.05, 4.69) is 76.4 Å². The van der Waals surface area contributed by atoms with E-state index in [0.717, 1.165) is 88.1 Å². The predicted molar refractivity (Wildman–Crippen MR) is 161 cm³/mol. The molecule has 6 heteroatoms. The quantitative estimate of drug-likeness (QED) is 0.148. The lowest BCUT2D eigenvalue weighted by Gasteiger charge is -2.14. The van der Waals surface area contributed by atoms with Gasteiger partial charge in [0.25, 0.3) is 0 Å². The molecule has 2 rings (SSSR count). The topological polar surface area (TPSA) is 42.5 Å². The fraction of sp³-hybridized carbons (Fsp3) is 0.600. The molecule has 0 aliphatic rings. The standard InChI is InChI=1S/C30H48N2O2S2/c1-23-11-13-25(3)29(27(23)5)33-19-9-7-15-31-17-21-35-36-22-18-32-16-8-10-20-34-30-26(4)14-12-24(2)28(30)6/h11-14,31-32H,7-10,15-22H2,1-6H3. The lowest BCUT2D eigenvalue weighted by molar-refractivity contribution is 0.302. The SMILES string of the molecule is Cc1ccc(C)c(OCCCCNCCSSCCNCCCCOc2c(C)ccc(C)c2C)c1C. The fourth-order valence-electron chi connectivity index (χ4n) is 3.94. The normalized spacial score (nSPS) is 11.2. The van der Waals surface area contributed by atoms with Crippen LogP contribution in [-0.4, -0.2) is 50.9 Å². The van der Waals surface area contributed by atoms with E-state index in [1.54, 1.807) is 0 Å². The van der Waals surface area contributed by atoms with Gasteiger partial charge >= 0.3 is 0 Å². The molecule has 0 atom stereocenters. The molecular weight excluding hydrogens is 484 g/mol. The molecule has 0 saturated heterocycles. The molecule has 2 aromatic rings. The van der Waals surface area contributed by atoms with Gasteiger partial charge in [-0.15, -0.1) is 0 Å². The van der Waals surface area contributed by atoms with E-state index in [0.29, 0.717) is 0 Å². The lowest BCUT2D eigenvalue weighted by Crippen LogP contribution is -2.19. The van der Waals surface area contributed by atoms with Gasteiger partial charge in [-0.05, 0) is 114 Å². The number of rotatable bonds is 19. The van der Waals surface area contributed by atoms with Gasteiger partial charge in [0.1, 0.15) is 11.5 Å². The molecule has 0 unspecified atom stereocenters. The van der Waals surface area contributed by atoms with Gasteiger partial charge in [0, 0.05) is 24.6 Å². The lowest BCUT2D eigenvalue weighted by atomic mass is 10.1. The molecule has 2 aromatic carbocycles. The summed E-state index contributed by atoms with van der Waals surface area (Å²) in [7, 11) is 3.93. The first-order valence-corrected chi connectivity index (χ1v) is 16.0. The molecule has 202 valence electrons. The Morgan fingerprint density at radius 2 is 0.917 bits per heavy atom. The largest absolute Gasteiger partial charge is 0.493 e. The van der Waals surface area contributed by atoms with Gasteiger partial charge in [0.2, 0.25) is 0 Å². The van der Waals surface area contributed by atoms with Crippen molar-refractivity contribution < 1.29 is 9.47 Å². The van der Waals surface area contributed by atoms with E-state index in [9.17, 15) is 0 Å². The molecule has 36 heavy (non-hydrogen) atoms. The van der Waals surface area contributed by atoms with Gasteiger partial charge in [-0.3, -0.25) is 0 Å². The highest BCUT2D eigenvalue weighted by Crippen LogP contribution is 2.27. The van der Waals surface area contributed by atoms with Gasteiger partial charge in [-0.2, -0.15) is 0 Å². The van der Waals surface area contributed by atoms with Crippen molar-refractivity contribution in [1.82, 2.24) is 10.6 Å². The van der Waals surface area contributed by atoms with Crippen molar-refractivity contribution in [1.29, 1.82) is 0 Å². The Bertz CT molecular complexity index is 832. The highest BCUT2D eigenvalue weighted by atomic mass is 33.1. The van der Waals surface area contributed by atoms with E-state index >= 15 is 0 Å². The van der Waals surface area contributed by atoms with Crippen molar-refractivity contribution in [3.8, 4) is 11.5 Å². The van der Waals surface area contributed by atoms with Gasteiger partial charge < -0.3 is 20.1 Å². The van der Waals surface area contributed by atoms with Gasteiger partial charge in [0.15, 0.2) is 0 Å². The van der Waals surface area contributed by atoms with Crippen LogP contribution >= 0.6 is 21.6 Å². The zero-order chi connectivity index (χ0) is 26.2. The van der Waals surface area contributed by atoms with Crippen molar-refractivity contribution in [2.45, 2.75) is 67.2 Å². The zero-order valence-electron chi connectivity index (χ0n) is 23.4. The zero-order valence-corrected chi connectivity index (χ0v) is 25.1. The summed E-state index contributed by atoms with van der Waals surface area (Å²) >= 11 is 0. The minimum Gasteiger partial charge on any atom is -0.493 e. The first-order chi connectivity index (χ1) is 17.4. The summed E-state index contributed by atoms with van der Waals surface area (Å²) in [6, 6.07) is 8.63. The average Bonchev–Trinajstić information content (AvgIpc) is 2.86. The Kier molecular flexibility index (Phi) is 15.4. The molecule has 0 aliphatic heterocycles. The van der Waals surface area contributed by atoms with Crippen molar-refractivity contribution >= 4 is 21.6 Å². The summed E-state index contributed by atoms with van der Waals surface area (Å²) < 4.78 is 12.1. The molecular formula is C30H48N2O2S2.